The lowest BCUT2D eigenvalue weighted by atomic mass is 10.1. The number of imide groups is 1. The van der Waals surface area contributed by atoms with E-state index in [1.54, 1.807) is 12.1 Å². The zero-order valence-electron chi connectivity index (χ0n) is 8.86. The van der Waals surface area contributed by atoms with Gasteiger partial charge in [0.2, 0.25) is 11.8 Å². The van der Waals surface area contributed by atoms with Crippen molar-refractivity contribution in [3.8, 4) is 0 Å². The third-order valence-corrected chi connectivity index (χ3v) is 3.35. The summed E-state index contributed by atoms with van der Waals surface area (Å²) in [6.07, 6.45) is 1.48. The number of anilines is 1. The lowest BCUT2D eigenvalue weighted by molar-refractivity contribution is -0.129. The van der Waals surface area contributed by atoms with Gasteiger partial charge < -0.3 is 0 Å². The van der Waals surface area contributed by atoms with Crippen molar-refractivity contribution in [2.75, 3.05) is 4.90 Å². The van der Waals surface area contributed by atoms with Crippen molar-refractivity contribution in [2.24, 2.45) is 0 Å². The van der Waals surface area contributed by atoms with Crippen LogP contribution in [0.15, 0.2) is 16.6 Å². The largest absolute Gasteiger partial charge is 0.274 e. The monoisotopic (exact) mass is 282 g/mol. The van der Waals surface area contributed by atoms with Crippen molar-refractivity contribution in [2.45, 2.75) is 26.2 Å². The summed E-state index contributed by atoms with van der Waals surface area (Å²) in [7, 11) is 0. The SMILES string of the molecule is Cc1nc(N2C(=O)CCCC2=O)ccc1Br. The Hall–Kier alpha value is -1.23. The van der Waals surface area contributed by atoms with Crippen molar-refractivity contribution in [1.29, 1.82) is 0 Å². The van der Waals surface area contributed by atoms with Crippen LogP contribution in [0, 0.1) is 6.92 Å². The first-order valence-electron chi connectivity index (χ1n) is 5.08. The van der Waals surface area contributed by atoms with Crippen LogP contribution in [-0.4, -0.2) is 16.8 Å². The quantitative estimate of drug-likeness (QED) is 0.742. The molecule has 1 aromatic rings. The molecule has 0 atom stereocenters. The number of hydrogen-bond acceptors (Lipinski definition) is 3. The fourth-order valence-electron chi connectivity index (χ4n) is 1.66. The number of aromatic nitrogens is 1. The molecule has 0 saturated carbocycles. The number of nitrogens with zero attached hydrogens (tertiary/aromatic N) is 2. The van der Waals surface area contributed by atoms with Crippen molar-refractivity contribution in [3.05, 3.63) is 22.3 Å². The fourth-order valence-corrected chi connectivity index (χ4v) is 1.89. The molecule has 2 rings (SSSR count). The molecule has 0 aliphatic carbocycles. The number of carbonyl (C=O) groups excluding carboxylic acids is 2. The van der Waals surface area contributed by atoms with Gasteiger partial charge in [0.15, 0.2) is 0 Å². The van der Waals surface area contributed by atoms with Crippen molar-refractivity contribution in [3.63, 3.8) is 0 Å². The molecule has 0 unspecified atom stereocenters. The van der Waals surface area contributed by atoms with Gasteiger partial charge >= 0.3 is 0 Å². The van der Waals surface area contributed by atoms with Gasteiger partial charge in [-0.15, -0.1) is 0 Å². The second kappa shape index (κ2) is 4.33. The molecule has 84 valence electrons. The van der Waals surface area contributed by atoms with E-state index in [9.17, 15) is 9.59 Å². The Bertz CT molecular complexity index is 443. The summed E-state index contributed by atoms with van der Waals surface area (Å²) in [5.41, 5.74) is 0.767. The highest BCUT2D eigenvalue weighted by molar-refractivity contribution is 9.10. The molecule has 2 heterocycles. The lowest BCUT2D eigenvalue weighted by Gasteiger charge is -2.24. The second-order valence-electron chi connectivity index (χ2n) is 3.71. The molecule has 4 nitrogen and oxygen atoms in total. The van der Waals surface area contributed by atoms with E-state index >= 15 is 0 Å². The Kier molecular flexibility index (Phi) is 3.05. The third-order valence-electron chi connectivity index (χ3n) is 2.52. The fraction of sp³-hybridized carbons (Fsp3) is 0.364. The average molecular weight is 283 g/mol. The van der Waals surface area contributed by atoms with Crippen molar-refractivity contribution in [1.82, 2.24) is 4.98 Å². The molecule has 0 aromatic carbocycles. The van der Waals surface area contributed by atoms with Gasteiger partial charge in [-0.25, -0.2) is 9.88 Å². The molecule has 16 heavy (non-hydrogen) atoms. The van der Waals surface area contributed by atoms with Crippen LogP contribution < -0.4 is 4.90 Å². The van der Waals surface area contributed by atoms with Gasteiger partial charge in [0.05, 0.1) is 5.69 Å². The molecule has 1 aliphatic rings. The normalized spacial score (nSPS) is 16.8. The Labute approximate surface area is 102 Å². The van der Waals surface area contributed by atoms with Gasteiger partial charge in [0.1, 0.15) is 5.82 Å². The Morgan fingerprint density at radius 2 is 1.88 bits per heavy atom. The highest BCUT2D eigenvalue weighted by Crippen LogP contribution is 2.23. The molecule has 0 radical (unpaired) electrons. The first-order chi connectivity index (χ1) is 7.59. The van der Waals surface area contributed by atoms with Crippen LogP contribution >= 0.6 is 15.9 Å². The molecule has 1 fully saturated rings. The number of aryl methyl sites for hydroxylation is 1. The van der Waals surface area contributed by atoms with E-state index in [1.807, 2.05) is 6.92 Å². The minimum Gasteiger partial charge on any atom is -0.274 e. The summed E-state index contributed by atoms with van der Waals surface area (Å²) in [6, 6.07) is 3.48. The van der Waals surface area contributed by atoms with Crippen LogP contribution in [0.25, 0.3) is 0 Å². The van der Waals surface area contributed by atoms with Crippen LogP contribution in [0.4, 0.5) is 5.82 Å². The van der Waals surface area contributed by atoms with Crippen LogP contribution in [0.5, 0.6) is 0 Å². The number of halogens is 1. The van der Waals surface area contributed by atoms with Crippen LogP contribution in [0.2, 0.25) is 0 Å². The van der Waals surface area contributed by atoms with Gasteiger partial charge in [0, 0.05) is 17.3 Å². The van der Waals surface area contributed by atoms with E-state index in [0.717, 1.165) is 10.2 Å². The van der Waals surface area contributed by atoms with Crippen LogP contribution in [0.1, 0.15) is 25.0 Å². The number of rotatable bonds is 1. The summed E-state index contributed by atoms with van der Waals surface area (Å²) in [5, 5.41) is 0. The molecule has 1 aromatic heterocycles. The van der Waals surface area contributed by atoms with Gasteiger partial charge in [-0.2, -0.15) is 0 Å². The van der Waals surface area contributed by atoms with Gasteiger partial charge in [-0.3, -0.25) is 9.59 Å². The Morgan fingerprint density at radius 3 is 2.44 bits per heavy atom. The summed E-state index contributed by atoms with van der Waals surface area (Å²) in [5.74, 6) is 0.103. The summed E-state index contributed by atoms with van der Waals surface area (Å²) >= 11 is 3.33. The summed E-state index contributed by atoms with van der Waals surface area (Å²) < 4.78 is 0.869. The molecule has 1 saturated heterocycles. The second-order valence-corrected chi connectivity index (χ2v) is 4.57. The maximum atomic E-state index is 11.7. The predicted molar refractivity (Wildman–Crippen MR) is 63.0 cm³/mol. The van der Waals surface area contributed by atoms with Crippen LogP contribution in [0.3, 0.4) is 0 Å². The highest BCUT2D eigenvalue weighted by atomic mass is 79.9. The van der Waals surface area contributed by atoms with E-state index in [-0.39, 0.29) is 11.8 Å². The first kappa shape index (κ1) is 11.3. The minimum atomic E-state index is -0.162. The Morgan fingerprint density at radius 1 is 1.25 bits per heavy atom. The number of carbonyl (C=O) groups is 2. The minimum absolute atomic E-state index is 0.162. The zero-order chi connectivity index (χ0) is 11.7. The van der Waals surface area contributed by atoms with Crippen molar-refractivity contribution >= 4 is 33.6 Å². The standard InChI is InChI=1S/C11H11BrN2O2/c1-7-8(12)5-6-9(13-7)14-10(15)3-2-4-11(14)16/h5-6H,2-4H2,1H3. The molecule has 0 bridgehead atoms. The third kappa shape index (κ3) is 2.00. The first-order valence-corrected chi connectivity index (χ1v) is 5.88. The molecular formula is C11H11BrN2O2. The maximum Gasteiger partial charge on any atom is 0.234 e. The van der Waals surface area contributed by atoms with Gasteiger partial charge in [0.25, 0.3) is 0 Å². The number of hydrogen-bond donors (Lipinski definition) is 0. The molecule has 0 spiro atoms. The zero-order valence-corrected chi connectivity index (χ0v) is 10.5. The predicted octanol–water partition coefficient (Wildman–Crippen LogP) is 2.20. The molecule has 0 N–H and O–H groups in total. The summed E-state index contributed by atoms with van der Waals surface area (Å²) in [4.78, 5) is 28.7. The van der Waals surface area contributed by atoms with E-state index in [2.05, 4.69) is 20.9 Å². The average Bonchev–Trinajstić information content (AvgIpc) is 2.23. The maximum absolute atomic E-state index is 11.7. The topological polar surface area (TPSA) is 50.3 Å². The van der Waals surface area contributed by atoms with Crippen molar-refractivity contribution < 1.29 is 9.59 Å². The van der Waals surface area contributed by atoms with E-state index in [1.165, 1.54) is 4.90 Å². The molecular weight excluding hydrogens is 272 g/mol. The molecule has 5 heteroatoms. The van der Waals surface area contributed by atoms with E-state index in [4.69, 9.17) is 0 Å². The number of pyridine rings is 1. The Balaban J connectivity index is 2.38. The smallest absolute Gasteiger partial charge is 0.234 e. The van der Waals surface area contributed by atoms with E-state index in [0.29, 0.717) is 25.1 Å². The summed E-state index contributed by atoms with van der Waals surface area (Å²) in [6.45, 7) is 1.83. The highest BCUT2D eigenvalue weighted by Gasteiger charge is 2.28. The number of amides is 2. The van der Waals surface area contributed by atoms with Crippen LogP contribution in [-0.2, 0) is 9.59 Å². The number of piperidine rings is 1. The van der Waals surface area contributed by atoms with Gasteiger partial charge in [-0.05, 0) is 41.4 Å². The molecule has 1 aliphatic heterocycles. The van der Waals surface area contributed by atoms with Gasteiger partial charge in [-0.1, -0.05) is 0 Å². The van der Waals surface area contributed by atoms with E-state index < -0.39 is 0 Å². The molecule has 2 amide bonds. The lowest BCUT2D eigenvalue weighted by Crippen LogP contribution is -2.40.